The van der Waals surface area contributed by atoms with Gasteiger partial charge in [-0.05, 0) is 31.5 Å². The molecular formula is C17H21ClF2N6O. The lowest BCUT2D eigenvalue weighted by Crippen LogP contribution is -2.47. The molecule has 0 fully saturated rings. The van der Waals surface area contributed by atoms with E-state index in [0.29, 0.717) is 29.6 Å². The van der Waals surface area contributed by atoms with Crippen LogP contribution in [0.15, 0.2) is 29.5 Å². The number of nitrogens with zero attached hydrogens (tertiary/aromatic N) is 4. The Morgan fingerprint density at radius 3 is 3.11 bits per heavy atom. The molecule has 1 aromatic carbocycles. The molecule has 1 unspecified atom stereocenters. The minimum absolute atomic E-state index is 0.0684. The van der Waals surface area contributed by atoms with Gasteiger partial charge in [-0.2, -0.15) is 13.9 Å². The fraction of sp³-hybridized carbons (Fsp3) is 0.471. The summed E-state index contributed by atoms with van der Waals surface area (Å²) in [5, 5.41) is 11.2. The van der Waals surface area contributed by atoms with Crippen LogP contribution in [0.1, 0.15) is 24.7 Å². The van der Waals surface area contributed by atoms with Gasteiger partial charge in [-0.1, -0.05) is 11.6 Å². The smallest absolute Gasteiger partial charge is 0.387 e. The molecule has 0 radical (unpaired) electrons. The number of rotatable bonds is 6. The maximum Gasteiger partial charge on any atom is 0.387 e. The monoisotopic (exact) mass is 398 g/mol. The first-order valence-electron chi connectivity index (χ1n) is 8.70. The summed E-state index contributed by atoms with van der Waals surface area (Å²) in [5.41, 5.74) is 0.488. The van der Waals surface area contributed by atoms with Crippen molar-refractivity contribution in [2.45, 2.75) is 45.5 Å². The quantitative estimate of drug-likeness (QED) is 0.578. The number of aryl methyl sites for hydroxylation is 1. The molecule has 1 aromatic heterocycles. The number of alkyl halides is 2. The second kappa shape index (κ2) is 8.98. The summed E-state index contributed by atoms with van der Waals surface area (Å²) >= 11 is 5.98. The first kappa shape index (κ1) is 19.3. The van der Waals surface area contributed by atoms with E-state index < -0.39 is 6.61 Å². The number of aromatic nitrogens is 3. The van der Waals surface area contributed by atoms with Crippen molar-refractivity contribution >= 4 is 17.6 Å². The van der Waals surface area contributed by atoms with Gasteiger partial charge in [0.2, 0.25) is 0 Å². The van der Waals surface area contributed by atoms with Crippen LogP contribution in [0.2, 0.25) is 5.02 Å². The lowest BCUT2D eigenvalue weighted by atomic mass is 10.1. The molecule has 10 heteroatoms. The van der Waals surface area contributed by atoms with Gasteiger partial charge in [-0.15, -0.1) is 0 Å². The standard InChI is InChI=1S/C17H21ClF2N6O/c1-2-21-17(25-13-4-6-15-23-10-24-26(15)9-13)22-8-11-7-12(18)3-5-14(11)27-16(19)20/h3,5,7,10,13,16H,2,4,6,8-9H2,1H3,(H2,21,22,25). The average molecular weight is 399 g/mol. The summed E-state index contributed by atoms with van der Waals surface area (Å²) in [6.07, 6.45) is 3.29. The Morgan fingerprint density at radius 2 is 2.33 bits per heavy atom. The van der Waals surface area contributed by atoms with Crippen molar-refractivity contribution in [3.63, 3.8) is 0 Å². The number of fused-ring (bicyclic) bond motifs is 1. The highest BCUT2D eigenvalue weighted by molar-refractivity contribution is 6.30. The average Bonchev–Trinajstić information content (AvgIpc) is 3.09. The molecule has 2 heterocycles. The molecule has 27 heavy (non-hydrogen) atoms. The van der Waals surface area contributed by atoms with Crippen LogP contribution >= 0.6 is 11.6 Å². The Labute approximate surface area is 160 Å². The molecule has 0 bridgehead atoms. The van der Waals surface area contributed by atoms with E-state index in [1.807, 2.05) is 11.6 Å². The highest BCUT2D eigenvalue weighted by Crippen LogP contribution is 2.25. The number of aliphatic imine (C=N–C) groups is 1. The molecular weight excluding hydrogens is 378 g/mol. The van der Waals surface area contributed by atoms with Crippen molar-refractivity contribution in [1.29, 1.82) is 0 Å². The third-order valence-electron chi connectivity index (χ3n) is 4.14. The maximum absolute atomic E-state index is 12.6. The Bertz CT molecular complexity index is 797. The van der Waals surface area contributed by atoms with Gasteiger partial charge < -0.3 is 15.4 Å². The second-order valence-electron chi connectivity index (χ2n) is 6.06. The summed E-state index contributed by atoms with van der Waals surface area (Å²) < 4.78 is 31.6. The predicted molar refractivity (Wildman–Crippen MR) is 98.2 cm³/mol. The lowest BCUT2D eigenvalue weighted by Gasteiger charge is -2.25. The zero-order chi connectivity index (χ0) is 19.2. The Balaban J connectivity index is 1.70. The molecule has 0 saturated heterocycles. The molecule has 7 nitrogen and oxygen atoms in total. The summed E-state index contributed by atoms with van der Waals surface area (Å²) in [7, 11) is 0. The van der Waals surface area contributed by atoms with Gasteiger partial charge in [-0.3, -0.25) is 0 Å². The number of guanidine groups is 1. The van der Waals surface area contributed by atoms with Crippen molar-refractivity contribution in [3.8, 4) is 5.75 Å². The Kier molecular flexibility index (Phi) is 6.44. The molecule has 1 aliphatic rings. The Hall–Kier alpha value is -2.42. The molecule has 0 aliphatic carbocycles. The molecule has 146 valence electrons. The van der Waals surface area contributed by atoms with Crippen molar-refractivity contribution in [1.82, 2.24) is 25.4 Å². The van der Waals surface area contributed by atoms with Crippen molar-refractivity contribution in [2.24, 2.45) is 4.99 Å². The van der Waals surface area contributed by atoms with Crippen molar-refractivity contribution < 1.29 is 13.5 Å². The number of nitrogens with one attached hydrogen (secondary N) is 2. The van der Waals surface area contributed by atoms with Crippen molar-refractivity contribution in [2.75, 3.05) is 6.54 Å². The normalized spacial score (nSPS) is 16.9. The van der Waals surface area contributed by atoms with E-state index in [-0.39, 0.29) is 18.3 Å². The van der Waals surface area contributed by atoms with Crippen LogP contribution in [0.4, 0.5) is 8.78 Å². The van der Waals surface area contributed by atoms with E-state index >= 15 is 0 Å². The van der Waals surface area contributed by atoms with Gasteiger partial charge in [0.05, 0.1) is 13.1 Å². The van der Waals surface area contributed by atoms with Gasteiger partial charge in [0, 0.05) is 29.6 Å². The molecule has 2 N–H and O–H groups in total. The molecule has 3 rings (SSSR count). The molecule has 0 spiro atoms. The summed E-state index contributed by atoms with van der Waals surface area (Å²) in [5.74, 6) is 1.63. The molecule has 1 atom stereocenters. The van der Waals surface area contributed by atoms with Gasteiger partial charge in [0.1, 0.15) is 17.9 Å². The number of ether oxygens (including phenoxy) is 1. The summed E-state index contributed by atoms with van der Waals surface area (Å²) in [6.45, 7) is 0.566. The number of benzene rings is 1. The first-order valence-corrected chi connectivity index (χ1v) is 9.07. The third kappa shape index (κ3) is 5.29. The molecule has 0 amide bonds. The molecule has 2 aromatic rings. The topological polar surface area (TPSA) is 76.4 Å². The minimum Gasteiger partial charge on any atom is -0.434 e. The number of hydrogen-bond donors (Lipinski definition) is 2. The van der Waals surface area contributed by atoms with E-state index in [0.717, 1.165) is 18.7 Å². The third-order valence-corrected chi connectivity index (χ3v) is 4.37. The summed E-state index contributed by atoms with van der Waals surface area (Å²) in [6, 6.07) is 4.66. The van der Waals surface area contributed by atoms with E-state index in [9.17, 15) is 8.78 Å². The van der Waals surface area contributed by atoms with Crippen LogP contribution in [0, 0.1) is 0 Å². The van der Waals surface area contributed by atoms with E-state index in [1.54, 1.807) is 12.4 Å². The largest absolute Gasteiger partial charge is 0.434 e. The maximum atomic E-state index is 12.6. The molecule has 0 saturated carbocycles. The van der Waals surface area contributed by atoms with Crippen LogP contribution in [0.25, 0.3) is 0 Å². The second-order valence-corrected chi connectivity index (χ2v) is 6.50. The first-order chi connectivity index (χ1) is 13.0. The van der Waals surface area contributed by atoms with Crippen LogP contribution in [-0.4, -0.2) is 39.9 Å². The predicted octanol–water partition coefficient (Wildman–Crippen LogP) is 2.60. The Morgan fingerprint density at radius 1 is 1.48 bits per heavy atom. The van der Waals surface area contributed by atoms with E-state index in [2.05, 4.69) is 30.4 Å². The van der Waals surface area contributed by atoms with Gasteiger partial charge in [0.25, 0.3) is 0 Å². The minimum atomic E-state index is -2.90. The van der Waals surface area contributed by atoms with E-state index in [1.165, 1.54) is 12.1 Å². The van der Waals surface area contributed by atoms with Crippen LogP contribution < -0.4 is 15.4 Å². The lowest BCUT2D eigenvalue weighted by molar-refractivity contribution is -0.0504. The fourth-order valence-electron chi connectivity index (χ4n) is 2.92. The zero-order valence-corrected chi connectivity index (χ0v) is 15.6. The highest BCUT2D eigenvalue weighted by atomic mass is 35.5. The zero-order valence-electron chi connectivity index (χ0n) is 14.8. The van der Waals surface area contributed by atoms with Crippen molar-refractivity contribution in [3.05, 3.63) is 40.9 Å². The van der Waals surface area contributed by atoms with Gasteiger partial charge in [-0.25, -0.2) is 14.7 Å². The highest BCUT2D eigenvalue weighted by Gasteiger charge is 2.20. The van der Waals surface area contributed by atoms with Crippen LogP contribution in [0.3, 0.4) is 0 Å². The van der Waals surface area contributed by atoms with E-state index in [4.69, 9.17) is 11.6 Å². The SMILES string of the molecule is CCNC(=NCc1cc(Cl)ccc1OC(F)F)NC1CCc2ncnn2C1. The van der Waals surface area contributed by atoms with Gasteiger partial charge in [0.15, 0.2) is 5.96 Å². The van der Waals surface area contributed by atoms with Crippen LogP contribution in [0.5, 0.6) is 5.75 Å². The van der Waals surface area contributed by atoms with Gasteiger partial charge >= 0.3 is 6.61 Å². The number of halogens is 3. The number of hydrogen-bond acceptors (Lipinski definition) is 4. The summed E-state index contributed by atoms with van der Waals surface area (Å²) in [4.78, 5) is 8.71. The molecule has 1 aliphatic heterocycles. The van der Waals surface area contributed by atoms with Crippen LogP contribution in [-0.2, 0) is 19.5 Å². The fourth-order valence-corrected chi connectivity index (χ4v) is 3.11.